The van der Waals surface area contributed by atoms with Crippen molar-refractivity contribution in [2.24, 2.45) is 5.10 Å². The van der Waals surface area contributed by atoms with Gasteiger partial charge in [-0.3, -0.25) is 4.79 Å². The van der Waals surface area contributed by atoms with E-state index in [-0.39, 0.29) is 5.91 Å². The molecule has 5 rings (SSSR count). The van der Waals surface area contributed by atoms with Gasteiger partial charge >= 0.3 is 0 Å². The van der Waals surface area contributed by atoms with Crippen LogP contribution in [0.3, 0.4) is 0 Å². The molecule has 0 saturated heterocycles. The summed E-state index contributed by atoms with van der Waals surface area (Å²) in [5.41, 5.74) is 3.67. The van der Waals surface area contributed by atoms with Crippen molar-refractivity contribution in [3.05, 3.63) is 101 Å². The minimum atomic E-state index is -0.402. The number of amides is 1. The first kappa shape index (κ1) is 21.9. The average molecular weight is 472 g/mol. The fraction of sp³-hybridized carbons (Fsp3) is 0.148. The van der Waals surface area contributed by atoms with Crippen LogP contribution in [-0.2, 0) is 0 Å². The van der Waals surface area contributed by atoms with E-state index in [1.54, 1.807) is 26.4 Å². The van der Waals surface area contributed by atoms with E-state index in [4.69, 9.17) is 26.2 Å². The highest BCUT2D eigenvalue weighted by atomic mass is 35.5. The Morgan fingerprint density at radius 1 is 0.971 bits per heavy atom. The summed E-state index contributed by atoms with van der Waals surface area (Å²) in [5, 5.41) is 7.47. The van der Waals surface area contributed by atoms with Crippen LogP contribution < -0.4 is 9.47 Å². The molecular formula is C27H22ClN3O3. The molecule has 0 fully saturated rings. The second-order valence-corrected chi connectivity index (χ2v) is 8.27. The molecule has 0 radical (unpaired) electrons. The Hall–Kier alpha value is -3.90. The Labute approximate surface area is 202 Å². The molecule has 7 heteroatoms. The molecule has 170 valence electrons. The van der Waals surface area contributed by atoms with Crippen LogP contribution in [-0.4, -0.2) is 35.8 Å². The van der Waals surface area contributed by atoms with E-state index in [0.717, 1.165) is 28.0 Å². The maximum atomic E-state index is 13.5. The van der Waals surface area contributed by atoms with Crippen molar-refractivity contribution in [3.63, 3.8) is 0 Å². The Morgan fingerprint density at radius 2 is 1.74 bits per heavy atom. The predicted octanol–water partition coefficient (Wildman–Crippen LogP) is 5.90. The van der Waals surface area contributed by atoms with Crippen molar-refractivity contribution >= 4 is 34.1 Å². The molecular weight excluding hydrogens is 450 g/mol. The molecule has 1 aliphatic rings. The van der Waals surface area contributed by atoms with Crippen molar-refractivity contribution in [1.82, 2.24) is 9.99 Å². The molecule has 0 spiro atoms. The van der Waals surface area contributed by atoms with Crippen LogP contribution in [0, 0.1) is 0 Å². The van der Waals surface area contributed by atoms with Gasteiger partial charge in [0.05, 0.1) is 26.0 Å². The van der Waals surface area contributed by atoms with Crippen LogP contribution >= 0.6 is 11.6 Å². The topological polar surface area (TPSA) is 64.0 Å². The van der Waals surface area contributed by atoms with E-state index in [9.17, 15) is 4.79 Å². The molecule has 1 amide bonds. The monoisotopic (exact) mass is 471 g/mol. The number of pyridine rings is 1. The largest absolute Gasteiger partial charge is 0.497 e. The lowest BCUT2D eigenvalue weighted by Crippen LogP contribution is -2.27. The van der Waals surface area contributed by atoms with Crippen molar-refractivity contribution < 1.29 is 14.3 Å². The number of hydrogen-bond donors (Lipinski definition) is 0. The van der Waals surface area contributed by atoms with Crippen LogP contribution in [0.15, 0.2) is 84.0 Å². The number of para-hydroxylation sites is 1. The van der Waals surface area contributed by atoms with Crippen LogP contribution in [0.2, 0.25) is 5.15 Å². The zero-order chi connectivity index (χ0) is 23.7. The Bertz CT molecular complexity index is 1390. The molecule has 0 unspecified atom stereocenters. The van der Waals surface area contributed by atoms with Gasteiger partial charge in [-0.25, -0.2) is 9.99 Å². The molecule has 2 heterocycles. The molecule has 1 aromatic heterocycles. The maximum Gasteiger partial charge on any atom is 0.274 e. The number of nitrogens with zero attached hydrogens (tertiary/aromatic N) is 3. The zero-order valence-corrected chi connectivity index (χ0v) is 19.5. The number of carbonyl (C=O) groups excluding carboxylic acids is 1. The van der Waals surface area contributed by atoms with E-state index >= 15 is 0 Å². The van der Waals surface area contributed by atoms with Crippen LogP contribution in [0.5, 0.6) is 11.5 Å². The number of fused-ring (bicyclic) bond motifs is 1. The number of hydrogen-bond acceptors (Lipinski definition) is 5. The lowest BCUT2D eigenvalue weighted by Gasteiger charge is -2.23. The Balaban J connectivity index is 1.59. The predicted molar refractivity (Wildman–Crippen MR) is 133 cm³/mol. The van der Waals surface area contributed by atoms with Gasteiger partial charge in [0.1, 0.15) is 22.2 Å². The Kier molecular flexibility index (Phi) is 5.90. The number of ether oxygens (including phenoxy) is 2. The van der Waals surface area contributed by atoms with Crippen LogP contribution in [0.25, 0.3) is 10.9 Å². The number of aromatic nitrogens is 1. The Morgan fingerprint density at radius 3 is 2.44 bits per heavy atom. The molecule has 34 heavy (non-hydrogen) atoms. The third-order valence-corrected chi connectivity index (χ3v) is 6.23. The van der Waals surface area contributed by atoms with Gasteiger partial charge in [0.2, 0.25) is 0 Å². The lowest BCUT2D eigenvalue weighted by molar-refractivity contribution is 0.0711. The van der Waals surface area contributed by atoms with E-state index < -0.39 is 6.04 Å². The standard InChI is InChI=1S/C27H22ClN3O3/c1-33-20-13-11-17(12-14-20)22-16-23(31(30-22)27(32)18-7-4-3-5-8-18)21-15-19-9-6-10-24(34-2)25(19)29-26(21)28/h3-15,23H,16H2,1-2H3/t23-/m0/s1. The van der Waals surface area contributed by atoms with Gasteiger partial charge in [0, 0.05) is 22.9 Å². The van der Waals surface area contributed by atoms with Gasteiger partial charge in [-0.1, -0.05) is 41.9 Å². The molecule has 1 atom stereocenters. The number of benzene rings is 3. The molecule has 4 aromatic rings. The highest BCUT2D eigenvalue weighted by Crippen LogP contribution is 2.39. The fourth-order valence-electron chi connectivity index (χ4n) is 4.17. The number of halogens is 1. The summed E-state index contributed by atoms with van der Waals surface area (Å²) in [7, 11) is 3.23. The van der Waals surface area contributed by atoms with Gasteiger partial charge in [-0.15, -0.1) is 0 Å². The molecule has 0 bridgehead atoms. The van der Waals surface area contributed by atoms with E-state index in [2.05, 4.69) is 4.98 Å². The maximum absolute atomic E-state index is 13.5. The molecule has 0 aliphatic carbocycles. The molecule has 3 aromatic carbocycles. The SMILES string of the molecule is COc1ccc(C2=NN(C(=O)c3ccccc3)[C@H](c3cc4cccc(OC)c4nc3Cl)C2)cc1. The minimum Gasteiger partial charge on any atom is -0.497 e. The van der Waals surface area contributed by atoms with Crippen molar-refractivity contribution in [2.45, 2.75) is 12.5 Å². The summed E-state index contributed by atoms with van der Waals surface area (Å²) >= 11 is 6.69. The van der Waals surface area contributed by atoms with Gasteiger partial charge in [0.25, 0.3) is 5.91 Å². The number of hydrazone groups is 1. The smallest absolute Gasteiger partial charge is 0.274 e. The minimum absolute atomic E-state index is 0.198. The summed E-state index contributed by atoms with van der Waals surface area (Å²) in [5.74, 6) is 1.20. The fourth-order valence-corrected chi connectivity index (χ4v) is 4.44. The molecule has 6 nitrogen and oxygen atoms in total. The first-order chi connectivity index (χ1) is 16.6. The summed E-state index contributed by atoms with van der Waals surface area (Å²) in [6.07, 6.45) is 0.502. The summed E-state index contributed by atoms with van der Waals surface area (Å²) in [4.78, 5) is 18.1. The van der Waals surface area contributed by atoms with E-state index in [1.165, 1.54) is 5.01 Å². The lowest BCUT2D eigenvalue weighted by atomic mass is 9.98. The third-order valence-electron chi connectivity index (χ3n) is 5.93. The zero-order valence-electron chi connectivity index (χ0n) is 18.7. The van der Waals surface area contributed by atoms with Gasteiger partial charge in [0.15, 0.2) is 0 Å². The second kappa shape index (κ2) is 9.15. The van der Waals surface area contributed by atoms with Crippen molar-refractivity contribution in [3.8, 4) is 11.5 Å². The van der Waals surface area contributed by atoms with Gasteiger partial charge in [-0.05, 0) is 54.1 Å². The molecule has 1 aliphatic heterocycles. The highest BCUT2D eigenvalue weighted by Gasteiger charge is 2.35. The summed E-state index contributed by atoms with van der Waals surface area (Å²) < 4.78 is 10.7. The third kappa shape index (κ3) is 3.97. The normalized spacial score (nSPS) is 15.3. The average Bonchev–Trinajstić information content (AvgIpc) is 3.33. The quantitative estimate of drug-likeness (QED) is 0.340. The van der Waals surface area contributed by atoms with Crippen LogP contribution in [0.4, 0.5) is 0 Å². The van der Waals surface area contributed by atoms with E-state index in [1.807, 2.05) is 66.7 Å². The van der Waals surface area contributed by atoms with Crippen molar-refractivity contribution in [1.29, 1.82) is 0 Å². The molecule has 0 N–H and O–H groups in total. The van der Waals surface area contributed by atoms with E-state index in [0.29, 0.717) is 28.4 Å². The van der Waals surface area contributed by atoms with Crippen molar-refractivity contribution in [2.75, 3.05) is 14.2 Å². The number of carbonyl (C=O) groups is 1. The van der Waals surface area contributed by atoms with Crippen LogP contribution in [0.1, 0.15) is 33.9 Å². The summed E-state index contributed by atoms with van der Waals surface area (Å²) in [6.45, 7) is 0. The highest BCUT2D eigenvalue weighted by molar-refractivity contribution is 6.30. The first-order valence-electron chi connectivity index (χ1n) is 10.8. The molecule has 0 saturated carbocycles. The number of rotatable bonds is 5. The summed E-state index contributed by atoms with van der Waals surface area (Å²) in [6, 6.07) is 24.0. The van der Waals surface area contributed by atoms with Gasteiger partial charge < -0.3 is 9.47 Å². The number of methoxy groups -OCH3 is 2. The second-order valence-electron chi connectivity index (χ2n) is 7.91. The van der Waals surface area contributed by atoms with Gasteiger partial charge in [-0.2, -0.15) is 5.10 Å². The first-order valence-corrected chi connectivity index (χ1v) is 11.2.